The average molecular weight is 286 g/mol. The summed E-state index contributed by atoms with van der Waals surface area (Å²) in [5.74, 6) is -0.544. The Morgan fingerprint density at radius 1 is 1.29 bits per heavy atom. The van der Waals surface area contributed by atoms with E-state index in [-0.39, 0.29) is 11.7 Å². The summed E-state index contributed by atoms with van der Waals surface area (Å²) in [4.78, 5) is 0. The Balaban J connectivity index is 1.50. The molecule has 4 rings (SSSR count). The maximum absolute atomic E-state index is 6.47. The van der Waals surface area contributed by atoms with E-state index < -0.39 is 5.79 Å². The van der Waals surface area contributed by atoms with E-state index in [1.807, 2.05) is 18.2 Å². The van der Waals surface area contributed by atoms with Crippen LogP contribution in [0.5, 0.6) is 0 Å². The number of rotatable bonds is 3. The minimum Gasteiger partial charge on any atom is -0.370 e. The van der Waals surface area contributed by atoms with Crippen LogP contribution in [0.2, 0.25) is 0 Å². The number of hydrogen-bond donors (Lipinski definition) is 0. The molecule has 1 aliphatic carbocycles. The van der Waals surface area contributed by atoms with Gasteiger partial charge in [0, 0.05) is 6.42 Å². The second-order valence-electron chi connectivity index (χ2n) is 6.52. The summed E-state index contributed by atoms with van der Waals surface area (Å²) in [5.41, 5.74) is 2.31. The van der Waals surface area contributed by atoms with Crippen LogP contribution in [0.3, 0.4) is 0 Å². The van der Waals surface area contributed by atoms with Crippen molar-refractivity contribution in [1.82, 2.24) is 0 Å². The third kappa shape index (κ3) is 2.24. The lowest BCUT2D eigenvalue weighted by atomic mass is 9.81. The van der Waals surface area contributed by atoms with Crippen molar-refractivity contribution in [1.29, 1.82) is 0 Å². The third-order valence-corrected chi connectivity index (χ3v) is 4.99. The molecule has 0 aromatic heterocycles. The summed E-state index contributed by atoms with van der Waals surface area (Å²) in [7, 11) is 0. The summed E-state index contributed by atoms with van der Waals surface area (Å²) in [5, 5.41) is 0. The lowest BCUT2D eigenvalue weighted by Gasteiger charge is -2.34. The van der Waals surface area contributed by atoms with Gasteiger partial charge in [0.2, 0.25) is 0 Å². The molecule has 2 fully saturated rings. The first-order chi connectivity index (χ1) is 10.2. The van der Waals surface area contributed by atoms with Gasteiger partial charge in [-0.05, 0) is 37.3 Å². The average Bonchev–Trinajstić information content (AvgIpc) is 2.97. The summed E-state index contributed by atoms with van der Waals surface area (Å²) in [6, 6.07) is 10.3. The van der Waals surface area contributed by atoms with Gasteiger partial charge in [-0.25, -0.2) is 0 Å². The van der Waals surface area contributed by atoms with Crippen molar-refractivity contribution >= 4 is 0 Å². The highest BCUT2D eigenvalue weighted by Crippen LogP contribution is 2.52. The number of ether oxygens (including phenoxy) is 3. The SMILES string of the molecule is C[C@@]1(OCc2ccccc2)C[C@@H]2OCC3=CCCC[C@]32O1. The van der Waals surface area contributed by atoms with Crippen LogP contribution in [-0.2, 0) is 20.8 Å². The minimum atomic E-state index is -0.544. The molecule has 1 spiro atoms. The van der Waals surface area contributed by atoms with Crippen LogP contribution in [0.4, 0.5) is 0 Å². The fourth-order valence-electron chi connectivity index (χ4n) is 3.92. The summed E-state index contributed by atoms with van der Waals surface area (Å²) in [6.07, 6.45) is 6.68. The van der Waals surface area contributed by atoms with Gasteiger partial charge < -0.3 is 14.2 Å². The molecule has 2 aliphatic heterocycles. The third-order valence-electron chi connectivity index (χ3n) is 4.99. The highest BCUT2D eigenvalue weighted by Gasteiger charge is 2.60. The predicted octanol–water partition coefficient (Wildman–Crippen LogP) is 3.59. The molecule has 0 radical (unpaired) electrons. The van der Waals surface area contributed by atoms with Gasteiger partial charge in [0.15, 0.2) is 5.79 Å². The van der Waals surface area contributed by atoms with Crippen LogP contribution in [-0.4, -0.2) is 24.1 Å². The van der Waals surface area contributed by atoms with E-state index >= 15 is 0 Å². The molecule has 2 saturated heterocycles. The molecule has 0 unspecified atom stereocenters. The summed E-state index contributed by atoms with van der Waals surface area (Å²) >= 11 is 0. The molecule has 1 aromatic rings. The molecule has 3 heteroatoms. The van der Waals surface area contributed by atoms with E-state index in [9.17, 15) is 0 Å². The first kappa shape index (κ1) is 13.5. The Labute approximate surface area is 125 Å². The Bertz CT molecular complexity index is 553. The van der Waals surface area contributed by atoms with Crippen LogP contribution >= 0.6 is 0 Å². The monoisotopic (exact) mass is 286 g/mol. The van der Waals surface area contributed by atoms with Gasteiger partial charge in [-0.2, -0.15) is 0 Å². The summed E-state index contributed by atoms with van der Waals surface area (Å²) in [6.45, 7) is 3.37. The highest BCUT2D eigenvalue weighted by atomic mass is 16.7. The van der Waals surface area contributed by atoms with Crippen molar-refractivity contribution in [3.63, 3.8) is 0 Å². The zero-order valence-electron chi connectivity index (χ0n) is 12.5. The molecule has 3 atom stereocenters. The molecule has 3 aliphatic rings. The smallest absolute Gasteiger partial charge is 0.169 e. The van der Waals surface area contributed by atoms with E-state index in [0.717, 1.165) is 25.9 Å². The van der Waals surface area contributed by atoms with Gasteiger partial charge in [-0.15, -0.1) is 0 Å². The molecule has 0 saturated carbocycles. The highest BCUT2D eigenvalue weighted by molar-refractivity contribution is 5.30. The number of allylic oxidation sites excluding steroid dienone is 1. The van der Waals surface area contributed by atoms with E-state index in [1.165, 1.54) is 17.6 Å². The van der Waals surface area contributed by atoms with Crippen LogP contribution in [0.15, 0.2) is 42.0 Å². The van der Waals surface area contributed by atoms with Gasteiger partial charge >= 0.3 is 0 Å². The van der Waals surface area contributed by atoms with Gasteiger partial charge in [0.05, 0.1) is 19.3 Å². The predicted molar refractivity (Wildman–Crippen MR) is 79.7 cm³/mol. The number of hydrogen-bond acceptors (Lipinski definition) is 3. The van der Waals surface area contributed by atoms with Crippen molar-refractivity contribution in [2.75, 3.05) is 6.61 Å². The van der Waals surface area contributed by atoms with Crippen molar-refractivity contribution in [3.05, 3.63) is 47.5 Å². The zero-order valence-corrected chi connectivity index (χ0v) is 12.5. The second-order valence-corrected chi connectivity index (χ2v) is 6.52. The van der Waals surface area contributed by atoms with Gasteiger partial charge in [-0.1, -0.05) is 36.4 Å². The lowest BCUT2D eigenvalue weighted by Crippen LogP contribution is -2.40. The molecular formula is C18H22O3. The second kappa shape index (κ2) is 4.94. The van der Waals surface area contributed by atoms with E-state index in [4.69, 9.17) is 14.2 Å². The lowest BCUT2D eigenvalue weighted by molar-refractivity contribution is -0.240. The summed E-state index contributed by atoms with van der Waals surface area (Å²) < 4.78 is 18.6. The molecule has 2 heterocycles. The Morgan fingerprint density at radius 3 is 3.00 bits per heavy atom. The minimum absolute atomic E-state index is 0.157. The molecule has 21 heavy (non-hydrogen) atoms. The quantitative estimate of drug-likeness (QED) is 0.795. The Hall–Kier alpha value is -1.16. The molecule has 0 N–H and O–H groups in total. The fourth-order valence-corrected chi connectivity index (χ4v) is 3.92. The van der Waals surface area contributed by atoms with Gasteiger partial charge in [0.25, 0.3) is 0 Å². The Kier molecular flexibility index (Phi) is 3.18. The normalized spacial score (nSPS) is 38.0. The standard InChI is InChI=1S/C18H22O3/c1-17(20-12-14-7-3-2-4-8-14)11-16-18(21-17)10-6-5-9-15(18)13-19-16/h2-4,7-9,16H,5-6,10-13H2,1H3/t16-,17-,18-/m0/s1. The van der Waals surface area contributed by atoms with Crippen molar-refractivity contribution < 1.29 is 14.2 Å². The molecule has 112 valence electrons. The van der Waals surface area contributed by atoms with Gasteiger partial charge in [0.1, 0.15) is 5.60 Å². The van der Waals surface area contributed by atoms with Crippen LogP contribution < -0.4 is 0 Å². The van der Waals surface area contributed by atoms with E-state index in [0.29, 0.717) is 6.61 Å². The topological polar surface area (TPSA) is 27.7 Å². The first-order valence-electron chi connectivity index (χ1n) is 7.89. The van der Waals surface area contributed by atoms with Crippen LogP contribution in [0, 0.1) is 0 Å². The Morgan fingerprint density at radius 2 is 2.14 bits per heavy atom. The largest absolute Gasteiger partial charge is 0.370 e. The molecule has 0 amide bonds. The molecular weight excluding hydrogens is 264 g/mol. The van der Waals surface area contributed by atoms with Crippen LogP contribution in [0.25, 0.3) is 0 Å². The number of benzene rings is 1. The van der Waals surface area contributed by atoms with Crippen molar-refractivity contribution in [2.45, 2.75) is 56.7 Å². The molecule has 1 aromatic carbocycles. The van der Waals surface area contributed by atoms with E-state index in [2.05, 4.69) is 25.1 Å². The van der Waals surface area contributed by atoms with E-state index in [1.54, 1.807) is 0 Å². The molecule has 0 bridgehead atoms. The fraction of sp³-hybridized carbons (Fsp3) is 0.556. The zero-order chi connectivity index (χ0) is 14.3. The maximum atomic E-state index is 6.47. The maximum Gasteiger partial charge on any atom is 0.169 e. The van der Waals surface area contributed by atoms with Crippen molar-refractivity contribution in [2.24, 2.45) is 0 Å². The van der Waals surface area contributed by atoms with Crippen molar-refractivity contribution in [3.8, 4) is 0 Å². The van der Waals surface area contributed by atoms with Crippen LogP contribution in [0.1, 0.15) is 38.2 Å². The first-order valence-corrected chi connectivity index (χ1v) is 7.89. The van der Waals surface area contributed by atoms with Gasteiger partial charge in [-0.3, -0.25) is 0 Å². The molecule has 3 nitrogen and oxygen atoms in total.